The molecule has 2 aromatic rings. The summed E-state index contributed by atoms with van der Waals surface area (Å²) in [7, 11) is 0. The van der Waals surface area contributed by atoms with Gasteiger partial charge in [-0.3, -0.25) is 4.79 Å². The maximum absolute atomic E-state index is 12.0. The van der Waals surface area contributed by atoms with Crippen LogP contribution in [0.15, 0.2) is 64.0 Å². The van der Waals surface area contributed by atoms with E-state index in [-0.39, 0.29) is 5.78 Å². The Kier molecular flexibility index (Phi) is 5.45. The van der Waals surface area contributed by atoms with E-state index in [1.54, 1.807) is 6.92 Å². The highest BCUT2D eigenvalue weighted by Crippen LogP contribution is 2.30. The van der Waals surface area contributed by atoms with Gasteiger partial charge in [-0.15, -0.1) is 0 Å². The summed E-state index contributed by atoms with van der Waals surface area (Å²) < 4.78 is 0. The highest BCUT2D eigenvalue weighted by atomic mass is 32.2. The molecular weight excluding hydrogens is 290 g/mol. The van der Waals surface area contributed by atoms with Crippen LogP contribution in [0.3, 0.4) is 0 Å². The summed E-state index contributed by atoms with van der Waals surface area (Å²) in [5.41, 5.74) is 4.30. The summed E-state index contributed by atoms with van der Waals surface area (Å²) in [5.74, 6) is 0.0719. The van der Waals surface area contributed by atoms with Crippen LogP contribution in [0.4, 0.5) is 5.69 Å². The average Bonchev–Trinajstić information content (AvgIpc) is 2.48. The Morgan fingerprint density at radius 3 is 1.86 bits per heavy atom. The quantitative estimate of drug-likeness (QED) is 0.598. The molecule has 2 aromatic carbocycles. The van der Waals surface area contributed by atoms with Gasteiger partial charge in [0.15, 0.2) is 5.78 Å². The molecule has 0 saturated heterocycles. The van der Waals surface area contributed by atoms with Gasteiger partial charge in [0.2, 0.25) is 0 Å². The molecule has 0 saturated carbocycles. The monoisotopic (exact) mass is 311 g/mol. The van der Waals surface area contributed by atoms with Gasteiger partial charge in [-0.05, 0) is 52.0 Å². The molecule has 0 heterocycles. The van der Waals surface area contributed by atoms with Crippen molar-refractivity contribution in [1.82, 2.24) is 0 Å². The van der Waals surface area contributed by atoms with E-state index in [0.29, 0.717) is 0 Å². The Hall–Kier alpha value is -2.00. The molecule has 0 aromatic heterocycles. The van der Waals surface area contributed by atoms with E-state index in [1.807, 2.05) is 31.2 Å². The molecule has 0 unspecified atom stereocenters. The molecule has 2 rings (SSSR count). The highest BCUT2D eigenvalue weighted by Gasteiger charge is 2.11. The molecule has 0 aliphatic heterocycles. The average molecular weight is 311 g/mol. The van der Waals surface area contributed by atoms with Gasteiger partial charge in [0.05, 0.1) is 4.91 Å². The van der Waals surface area contributed by atoms with Gasteiger partial charge in [0.25, 0.3) is 0 Å². The lowest BCUT2D eigenvalue weighted by Crippen LogP contribution is -2.04. The molecule has 0 aliphatic rings. The fourth-order valence-corrected chi connectivity index (χ4v) is 2.90. The maximum Gasteiger partial charge on any atom is 0.168 e. The first-order valence-electron chi connectivity index (χ1n) is 7.26. The number of anilines is 1. The third-order valence-electron chi connectivity index (χ3n) is 3.28. The van der Waals surface area contributed by atoms with Crippen molar-refractivity contribution in [3.63, 3.8) is 0 Å². The van der Waals surface area contributed by atoms with E-state index < -0.39 is 0 Å². The lowest BCUT2D eigenvalue weighted by atomic mass is 10.2. The zero-order valence-electron chi connectivity index (χ0n) is 13.4. The van der Waals surface area contributed by atoms with E-state index in [1.165, 1.54) is 22.9 Å². The van der Waals surface area contributed by atoms with Crippen LogP contribution in [-0.4, -0.2) is 5.78 Å². The van der Waals surface area contributed by atoms with E-state index in [4.69, 9.17) is 0 Å². The molecule has 22 heavy (non-hydrogen) atoms. The first-order chi connectivity index (χ1) is 10.5. The van der Waals surface area contributed by atoms with Crippen molar-refractivity contribution in [2.75, 3.05) is 5.32 Å². The summed E-state index contributed by atoms with van der Waals surface area (Å²) in [6.07, 6.45) is 0. The Labute approximate surface area is 136 Å². The largest absolute Gasteiger partial charge is 0.358 e. The summed E-state index contributed by atoms with van der Waals surface area (Å²) in [4.78, 5) is 13.8. The van der Waals surface area contributed by atoms with Gasteiger partial charge in [-0.2, -0.15) is 0 Å². The van der Waals surface area contributed by atoms with Gasteiger partial charge in [0, 0.05) is 16.3 Å². The van der Waals surface area contributed by atoms with Crippen LogP contribution >= 0.6 is 11.8 Å². The molecule has 0 radical (unpaired) electrons. The number of Topliss-reactive ketones (excluding diaryl/α,β-unsaturated/α-hetero) is 1. The SMILES string of the molecule is CC(=O)/C(Sc1ccc(C)cc1)=C(/C)Nc1ccc(C)cc1. The third kappa shape index (κ3) is 4.50. The minimum absolute atomic E-state index is 0.0719. The minimum atomic E-state index is 0.0719. The fourth-order valence-electron chi connectivity index (χ4n) is 2.05. The lowest BCUT2D eigenvalue weighted by molar-refractivity contribution is -0.113. The number of carbonyl (C=O) groups excluding carboxylic acids is 1. The van der Waals surface area contributed by atoms with Crippen molar-refractivity contribution in [3.05, 3.63) is 70.3 Å². The number of hydrogen-bond donors (Lipinski definition) is 1. The number of nitrogens with one attached hydrogen (secondary N) is 1. The van der Waals surface area contributed by atoms with Crippen molar-refractivity contribution in [1.29, 1.82) is 0 Å². The number of thioether (sulfide) groups is 1. The Morgan fingerprint density at radius 2 is 1.36 bits per heavy atom. The van der Waals surface area contributed by atoms with Gasteiger partial charge in [0.1, 0.15) is 0 Å². The van der Waals surface area contributed by atoms with Gasteiger partial charge in [-0.25, -0.2) is 0 Å². The summed E-state index contributed by atoms with van der Waals surface area (Å²) in [5, 5.41) is 3.32. The number of carbonyl (C=O) groups is 1. The van der Waals surface area contributed by atoms with Crippen LogP contribution < -0.4 is 5.32 Å². The molecule has 3 heteroatoms. The predicted molar refractivity (Wildman–Crippen MR) is 95.2 cm³/mol. The molecule has 2 nitrogen and oxygen atoms in total. The number of ketones is 1. The van der Waals surface area contributed by atoms with E-state index >= 15 is 0 Å². The van der Waals surface area contributed by atoms with Crippen molar-refractivity contribution in [2.45, 2.75) is 32.6 Å². The summed E-state index contributed by atoms with van der Waals surface area (Å²) in [6.45, 7) is 7.66. The summed E-state index contributed by atoms with van der Waals surface area (Å²) in [6, 6.07) is 16.3. The standard InChI is InChI=1S/C19H21NOS/c1-13-5-9-17(10-6-13)20-15(3)19(16(4)21)22-18-11-7-14(2)8-12-18/h5-12,20H,1-4H3/b19-15+. The van der Waals surface area contributed by atoms with Gasteiger partial charge < -0.3 is 5.32 Å². The molecule has 0 bridgehead atoms. The van der Waals surface area contributed by atoms with E-state index in [0.717, 1.165) is 21.2 Å². The molecule has 0 spiro atoms. The Morgan fingerprint density at radius 1 is 0.864 bits per heavy atom. The molecular formula is C19H21NOS. The van der Waals surface area contributed by atoms with Crippen LogP contribution in [0.2, 0.25) is 0 Å². The van der Waals surface area contributed by atoms with Gasteiger partial charge >= 0.3 is 0 Å². The minimum Gasteiger partial charge on any atom is -0.358 e. The molecule has 0 fully saturated rings. The van der Waals surface area contributed by atoms with Crippen molar-refractivity contribution in [3.8, 4) is 0 Å². The summed E-state index contributed by atoms with van der Waals surface area (Å²) >= 11 is 1.50. The number of allylic oxidation sites excluding steroid dienone is 2. The zero-order valence-corrected chi connectivity index (χ0v) is 14.3. The van der Waals surface area contributed by atoms with Crippen LogP contribution in [0.1, 0.15) is 25.0 Å². The van der Waals surface area contributed by atoms with Crippen LogP contribution in [-0.2, 0) is 4.79 Å². The van der Waals surface area contributed by atoms with E-state index in [2.05, 4.69) is 43.4 Å². The first-order valence-corrected chi connectivity index (χ1v) is 8.07. The molecule has 1 N–H and O–H groups in total. The second-order valence-corrected chi connectivity index (χ2v) is 6.50. The maximum atomic E-state index is 12.0. The number of hydrogen-bond acceptors (Lipinski definition) is 3. The third-order valence-corrected chi connectivity index (χ3v) is 4.59. The number of aryl methyl sites for hydroxylation is 2. The fraction of sp³-hybridized carbons (Fsp3) is 0.211. The lowest BCUT2D eigenvalue weighted by Gasteiger charge is -2.12. The van der Waals surface area contributed by atoms with Crippen molar-refractivity contribution in [2.24, 2.45) is 0 Å². The Balaban J connectivity index is 2.22. The number of benzene rings is 2. The van der Waals surface area contributed by atoms with Crippen LogP contribution in [0, 0.1) is 13.8 Å². The topological polar surface area (TPSA) is 29.1 Å². The van der Waals surface area contributed by atoms with E-state index in [9.17, 15) is 4.79 Å². The molecule has 0 amide bonds. The van der Waals surface area contributed by atoms with Crippen molar-refractivity contribution >= 4 is 23.2 Å². The molecule has 0 atom stereocenters. The number of rotatable bonds is 5. The molecule has 114 valence electrons. The first kappa shape index (κ1) is 16.4. The van der Waals surface area contributed by atoms with Crippen LogP contribution in [0.5, 0.6) is 0 Å². The molecule has 0 aliphatic carbocycles. The van der Waals surface area contributed by atoms with Crippen molar-refractivity contribution < 1.29 is 4.79 Å². The second-order valence-electron chi connectivity index (χ2n) is 5.42. The van der Waals surface area contributed by atoms with Crippen LogP contribution in [0.25, 0.3) is 0 Å². The Bertz CT molecular complexity index is 684. The normalized spacial score (nSPS) is 11.8. The zero-order chi connectivity index (χ0) is 16.1. The predicted octanol–water partition coefficient (Wildman–Crippen LogP) is 5.33. The van der Waals surface area contributed by atoms with Gasteiger partial charge in [-0.1, -0.05) is 47.2 Å². The highest BCUT2D eigenvalue weighted by molar-refractivity contribution is 8.04. The smallest absolute Gasteiger partial charge is 0.168 e. The second kappa shape index (κ2) is 7.32.